The fourth-order valence-electron chi connectivity index (χ4n) is 1.64. The van der Waals surface area contributed by atoms with Gasteiger partial charge in [-0.05, 0) is 36.3 Å². The molecule has 2 rings (SSSR count). The normalized spacial score (nSPS) is 15.6. The Balaban J connectivity index is 2.01. The summed E-state index contributed by atoms with van der Waals surface area (Å²) in [5, 5.41) is 15.7. The summed E-state index contributed by atoms with van der Waals surface area (Å²) in [5.74, 6) is 0. The molecule has 1 aromatic rings. The van der Waals surface area contributed by atoms with Gasteiger partial charge in [-0.1, -0.05) is 12.1 Å². The van der Waals surface area contributed by atoms with E-state index in [1.165, 1.54) is 0 Å². The first-order valence-corrected chi connectivity index (χ1v) is 5.67. The Labute approximate surface area is 100 Å². The predicted octanol–water partition coefficient (Wildman–Crippen LogP) is 0.420. The molecule has 1 fully saturated rings. The van der Waals surface area contributed by atoms with Crippen LogP contribution in [0.25, 0.3) is 0 Å². The average molecular weight is 237 g/mol. The van der Waals surface area contributed by atoms with Gasteiger partial charge in [-0.3, -0.25) is 0 Å². The lowest BCUT2D eigenvalue weighted by atomic mass is 10.1. The third-order valence-corrected chi connectivity index (χ3v) is 2.85. The molecule has 4 nitrogen and oxygen atoms in total. The molecule has 16 heavy (non-hydrogen) atoms. The van der Waals surface area contributed by atoms with Gasteiger partial charge in [-0.25, -0.2) is 0 Å². The van der Waals surface area contributed by atoms with Crippen molar-refractivity contribution in [2.24, 2.45) is 0 Å². The highest BCUT2D eigenvalue weighted by Gasteiger charge is 2.11. The highest BCUT2D eigenvalue weighted by Crippen LogP contribution is 2.15. The SMILES string of the molecule is OCCc1ccc(N2CNC(=S)NC2)cc1. The monoisotopic (exact) mass is 237 g/mol. The van der Waals surface area contributed by atoms with Crippen molar-refractivity contribution < 1.29 is 5.11 Å². The summed E-state index contributed by atoms with van der Waals surface area (Å²) in [6.45, 7) is 1.65. The Hall–Kier alpha value is -1.33. The first kappa shape index (κ1) is 11.2. The fraction of sp³-hybridized carbons (Fsp3) is 0.364. The molecule has 0 unspecified atom stereocenters. The third kappa shape index (κ3) is 2.62. The summed E-state index contributed by atoms with van der Waals surface area (Å²) in [5.41, 5.74) is 2.30. The first-order chi connectivity index (χ1) is 7.79. The number of aliphatic hydroxyl groups is 1. The van der Waals surface area contributed by atoms with Gasteiger partial charge in [-0.2, -0.15) is 0 Å². The van der Waals surface area contributed by atoms with Crippen molar-refractivity contribution in [2.45, 2.75) is 6.42 Å². The van der Waals surface area contributed by atoms with Crippen LogP contribution < -0.4 is 15.5 Å². The molecule has 0 aliphatic carbocycles. The van der Waals surface area contributed by atoms with Crippen molar-refractivity contribution in [1.82, 2.24) is 10.6 Å². The van der Waals surface area contributed by atoms with Crippen molar-refractivity contribution in [3.63, 3.8) is 0 Å². The molecule has 1 aliphatic rings. The minimum atomic E-state index is 0.195. The van der Waals surface area contributed by atoms with E-state index < -0.39 is 0 Å². The van der Waals surface area contributed by atoms with Crippen molar-refractivity contribution in [3.8, 4) is 0 Å². The molecule has 0 radical (unpaired) electrons. The van der Waals surface area contributed by atoms with Crippen LogP contribution in [0.3, 0.4) is 0 Å². The molecule has 1 aromatic carbocycles. The van der Waals surface area contributed by atoms with Crippen LogP contribution >= 0.6 is 12.2 Å². The maximum absolute atomic E-state index is 8.82. The van der Waals surface area contributed by atoms with Gasteiger partial charge in [0.1, 0.15) is 0 Å². The van der Waals surface area contributed by atoms with Gasteiger partial charge in [0.05, 0.1) is 13.3 Å². The first-order valence-electron chi connectivity index (χ1n) is 5.26. The maximum Gasteiger partial charge on any atom is 0.169 e. The van der Waals surface area contributed by atoms with Gasteiger partial charge in [0.25, 0.3) is 0 Å². The smallest absolute Gasteiger partial charge is 0.169 e. The van der Waals surface area contributed by atoms with E-state index in [0.717, 1.165) is 24.6 Å². The number of benzene rings is 1. The van der Waals surface area contributed by atoms with Gasteiger partial charge in [-0.15, -0.1) is 0 Å². The Morgan fingerprint density at radius 3 is 2.38 bits per heavy atom. The Morgan fingerprint density at radius 1 is 1.19 bits per heavy atom. The highest BCUT2D eigenvalue weighted by molar-refractivity contribution is 7.80. The molecular formula is C11H15N3OS. The number of aliphatic hydroxyl groups excluding tert-OH is 1. The quantitative estimate of drug-likeness (QED) is 0.665. The largest absolute Gasteiger partial charge is 0.396 e. The Bertz CT molecular complexity index is 356. The molecule has 1 saturated heterocycles. The molecule has 0 bridgehead atoms. The van der Waals surface area contributed by atoms with Crippen molar-refractivity contribution in [2.75, 3.05) is 24.8 Å². The van der Waals surface area contributed by atoms with Crippen LogP contribution in [0, 0.1) is 0 Å². The van der Waals surface area contributed by atoms with Crippen molar-refractivity contribution in [3.05, 3.63) is 29.8 Å². The number of hydrogen-bond donors (Lipinski definition) is 3. The summed E-state index contributed by atoms with van der Waals surface area (Å²) in [4.78, 5) is 2.15. The van der Waals surface area contributed by atoms with Crippen molar-refractivity contribution in [1.29, 1.82) is 0 Å². The fourth-order valence-corrected chi connectivity index (χ4v) is 1.77. The van der Waals surface area contributed by atoms with E-state index in [-0.39, 0.29) is 6.61 Å². The van der Waals surface area contributed by atoms with Crippen LogP contribution in [0.1, 0.15) is 5.56 Å². The summed E-state index contributed by atoms with van der Waals surface area (Å²) in [6, 6.07) is 8.20. The third-order valence-electron chi connectivity index (χ3n) is 2.56. The van der Waals surface area contributed by atoms with Crippen LogP contribution in [-0.2, 0) is 6.42 Å². The zero-order chi connectivity index (χ0) is 11.4. The minimum absolute atomic E-state index is 0.195. The van der Waals surface area contributed by atoms with E-state index in [9.17, 15) is 0 Å². The average Bonchev–Trinajstić information content (AvgIpc) is 2.32. The van der Waals surface area contributed by atoms with Crippen LogP contribution in [-0.4, -0.2) is 30.2 Å². The lowest BCUT2D eigenvalue weighted by Gasteiger charge is -2.31. The zero-order valence-corrected chi connectivity index (χ0v) is 9.76. The lowest BCUT2D eigenvalue weighted by molar-refractivity contribution is 0.299. The van der Waals surface area contributed by atoms with Gasteiger partial charge in [0.15, 0.2) is 5.11 Å². The van der Waals surface area contributed by atoms with Crippen LogP contribution in [0.5, 0.6) is 0 Å². The molecule has 0 aromatic heterocycles. The molecule has 1 aliphatic heterocycles. The van der Waals surface area contributed by atoms with Crippen LogP contribution in [0.4, 0.5) is 5.69 Å². The second-order valence-electron chi connectivity index (χ2n) is 3.68. The van der Waals surface area contributed by atoms with Crippen LogP contribution in [0.15, 0.2) is 24.3 Å². The number of nitrogens with one attached hydrogen (secondary N) is 2. The topological polar surface area (TPSA) is 47.5 Å². The van der Waals surface area contributed by atoms with Gasteiger partial charge in [0, 0.05) is 12.3 Å². The maximum atomic E-state index is 8.82. The summed E-state index contributed by atoms with van der Waals surface area (Å²) >= 11 is 4.99. The standard InChI is InChI=1S/C11H15N3OS/c15-6-5-9-1-3-10(4-2-9)14-7-12-11(16)13-8-14/h1-4,15H,5-8H2,(H2,12,13,16). The van der Waals surface area contributed by atoms with E-state index >= 15 is 0 Å². The Morgan fingerprint density at radius 2 is 1.81 bits per heavy atom. The number of anilines is 1. The molecular weight excluding hydrogens is 222 g/mol. The molecule has 3 N–H and O–H groups in total. The molecule has 0 spiro atoms. The zero-order valence-electron chi connectivity index (χ0n) is 8.94. The molecule has 0 saturated carbocycles. The van der Waals surface area contributed by atoms with E-state index in [0.29, 0.717) is 11.5 Å². The molecule has 5 heteroatoms. The Kier molecular flexibility index (Phi) is 3.58. The van der Waals surface area contributed by atoms with Gasteiger partial charge >= 0.3 is 0 Å². The minimum Gasteiger partial charge on any atom is -0.396 e. The number of hydrogen-bond acceptors (Lipinski definition) is 3. The summed E-state index contributed by atoms with van der Waals surface area (Å²) < 4.78 is 0. The predicted molar refractivity (Wildman–Crippen MR) is 68.3 cm³/mol. The van der Waals surface area contributed by atoms with E-state index in [1.54, 1.807) is 0 Å². The van der Waals surface area contributed by atoms with E-state index in [1.807, 2.05) is 12.1 Å². The molecule has 0 atom stereocenters. The van der Waals surface area contributed by atoms with E-state index in [2.05, 4.69) is 27.7 Å². The molecule has 86 valence electrons. The van der Waals surface area contributed by atoms with Crippen LogP contribution in [0.2, 0.25) is 0 Å². The second kappa shape index (κ2) is 5.14. The number of rotatable bonds is 3. The van der Waals surface area contributed by atoms with E-state index in [4.69, 9.17) is 17.3 Å². The molecule has 0 amide bonds. The summed E-state index contributed by atoms with van der Waals surface area (Å²) in [6.07, 6.45) is 0.709. The number of thiocarbonyl (C=S) groups is 1. The summed E-state index contributed by atoms with van der Waals surface area (Å²) in [7, 11) is 0. The number of nitrogens with zero attached hydrogens (tertiary/aromatic N) is 1. The highest BCUT2D eigenvalue weighted by atomic mass is 32.1. The van der Waals surface area contributed by atoms with Gasteiger partial charge < -0.3 is 20.6 Å². The lowest BCUT2D eigenvalue weighted by Crippen LogP contribution is -2.54. The van der Waals surface area contributed by atoms with Crippen molar-refractivity contribution >= 4 is 23.0 Å². The molecule has 1 heterocycles. The van der Waals surface area contributed by atoms with Gasteiger partial charge in [0.2, 0.25) is 0 Å². The second-order valence-corrected chi connectivity index (χ2v) is 4.09.